The van der Waals surface area contributed by atoms with Gasteiger partial charge in [-0.15, -0.1) is 11.3 Å². The summed E-state index contributed by atoms with van der Waals surface area (Å²) in [7, 11) is 0. The molecule has 0 fully saturated rings. The van der Waals surface area contributed by atoms with Crippen LogP contribution >= 0.6 is 11.3 Å². The third kappa shape index (κ3) is 5.41. The monoisotopic (exact) mass is 334 g/mol. The SMILES string of the molecule is CCCCNC(=O)Cc1csc(NC(=O)C2C=CC(=O)N=C2)n1. The van der Waals surface area contributed by atoms with Gasteiger partial charge < -0.3 is 10.6 Å². The van der Waals surface area contributed by atoms with E-state index in [2.05, 4.69) is 27.5 Å². The second-order valence-electron chi connectivity index (χ2n) is 5.01. The Morgan fingerprint density at radius 3 is 2.91 bits per heavy atom. The first-order chi connectivity index (χ1) is 11.1. The van der Waals surface area contributed by atoms with Gasteiger partial charge in [-0.2, -0.15) is 0 Å². The molecule has 0 saturated heterocycles. The third-order valence-corrected chi connectivity index (χ3v) is 3.89. The van der Waals surface area contributed by atoms with Crippen molar-refractivity contribution in [2.45, 2.75) is 26.2 Å². The Balaban J connectivity index is 1.83. The second-order valence-corrected chi connectivity index (χ2v) is 5.87. The first kappa shape index (κ1) is 17.0. The van der Waals surface area contributed by atoms with Crippen molar-refractivity contribution >= 4 is 40.4 Å². The van der Waals surface area contributed by atoms with Crippen LogP contribution < -0.4 is 10.6 Å². The standard InChI is InChI=1S/C15H18N4O3S/c1-2-3-6-16-13(21)7-11-9-23-15(18-11)19-14(22)10-4-5-12(20)17-8-10/h4-5,8-10H,2-3,6-7H2,1H3,(H,16,21)(H,18,19,22). The summed E-state index contributed by atoms with van der Waals surface area (Å²) in [6.45, 7) is 2.72. The normalized spacial score (nSPS) is 16.4. The minimum Gasteiger partial charge on any atom is -0.356 e. The summed E-state index contributed by atoms with van der Waals surface area (Å²) in [6, 6.07) is 0. The minimum absolute atomic E-state index is 0.0810. The molecule has 23 heavy (non-hydrogen) atoms. The van der Waals surface area contributed by atoms with Crippen LogP contribution in [0.25, 0.3) is 0 Å². The molecule has 1 atom stereocenters. The van der Waals surface area contributed by atoms with E-state index in [1.165, 1.54) is 29.7 Å². The van der Waals surface area contributed by atoms with E-state index in [9.17, 15) is 14.4 Å². The molecule has 0 aliphatic carbocycles. The molecule has 8 heteroatoms. The smallest absolute Gasteiger partial charge is 0.269 e. The molecule has 1 aliphatic rings. The highest BCUT2D eigenvalue weighted by atomic mass is 32.1. The van der Waals surface area contributed by atoms with Crippen molar-refractivity contribution in [1.82, 2.24) is 10.3 Å². The van der Waals surface area contributed by atoms with Crippen molar-refractivity contribution in [2.75, 3.05) is 11.9 Å². The molecule has 2 heterocycles. The average Bonchev–Trinajstić information content (AvgIpc) is 2.95. The van der Waals surface area contributed by atoms with E-state index in [0.717, 1.165) is 12.8 Å². The molecule has 0 bridgehead atoms. The number of hydrogen-bond donors (Lipinski definition) is 2. The van der Waals surface area contributed by atoms with Gasteiger partial charge in [-0.1, -0.05) is 19.4 Å². The van der Waals surface area contributed by atoms with Gasteiger partial charge in [0.15, 0.2) is 5.13 Å². The summed E-state index contributed by atoms with van der Waals surface area (Å²) in [5.41, 5.74) is 0.613. The fraction of sp³-hybridized carbons (Fsp3) is 0.400. The van der Waals surface area contributed by atoms with Crippen LogP contribution in [0, 0.1) is 5.92 Å². The van der Waals surface area contributed by atoms with Crippen molar-refractivity contribution in [3.63, 3.8) is 0 Å². The highest BCUT2D eigenvalue weighted by molar-refractivity contribution is 7.13. The molecule has 1 aromatic heterocycles. The van der Waals surface area contributed by atoms with Gasteiger partial charge >= 0.3 is 0 Å². The van der Waals surface area contributed by atoms with Crippen LogP contribution in [-0.2, 0) is 20.8 Å². The van der Waals surface area contributed by atoms with Gasteiger partial charge in [-0.25, -0.2) is 9.98 Å². The maximum Gasteiger partial charge on any atom is 0.269 e. The molecule has 1 aliphatic heterocycles. The third-order valence-electron chi connectivity index (χ3n) is 3.09. The largest absolute Gasteiger partial charge is 0.356 e. The number of unbranched alkanes of at least 4 members (excludes halogenated alkanes) is 1. The molecule has 0 aromatic carbocycles. The van der Waals surface area contributed by atoms with Gasteiger partial charge in [0, 0.05) is 24.2 Å². The number of rotatable bonds is 7. The number of carbonyl (C=O) groups is 3. The van der Waals surface area contributed by atoms with Crippen LogP contribution in [-0.4, -0.2) is 35.5 Å². The number of aromatic nitrogens is 1. The van der Waals surface area contributed by atoms with Gasteiger partial charge in [0.25, 0.3) is 5.91 Å². The van der Waals surface area contributed by atoms with Gasteiger partial charge in [0.1, 0.15) is 0 Å². The maximum absolute atomic E-state index is 12.0. The lowest BCUT2D eigenvalue weighted by atomic mass is 10.1. The van der Waals surface area contributed by atoms with E-state index in [1.54, 1.807) is 5.38 Å². The Kier molecular flexibility index (Phi) is 6.16. The van der Waals surface area contributed by atoms with Crippen molar-refractivity contribution in [1.29, 1.82) is 0 Å². The summed E-state index contributed by atoms with van der Waals surface area (Å²) in [5, 5.41) is 7.63. The highest BCUT2D eigenvalue weighted by Crippen LogP contribution is 2.17. The zero-order valence-corrected chi connectivity index (χ0v) is 13.6. The molecular weight excluding hydrogens is 316 g/mol. The summed E-state index contributed by atoms with van der Waals surface area (Å²) in [5.74, 6) is -1.36. The topological polar surface area (TPSA) is 101 Å². The van der Waals surface area contributed by atoms with E-state index in [0.29, 0.717) is 17.4 Å². The lowest BCUT2D eigenvalue weighted by Crippen LogP contribution is -2.26. The lowest BCUT2D eigenvalue weighted by Gasteiger charge is -2.08. The van der Waals surface area contributed by atoms with Crippen molar-refractivity contribution in [2.24, 2.45) is 10.9 Å². The molecular formula is C15H18N4O3S. The van der Waals surface area contributed by atoms with Crippen LogP contribution in [0.1, 0.15) is 25.5 Å². The Morgan fingerprint density at radius 2 is 2.22 bits per heavy atom. The minimum atomic E-state index is -0.586. The zero-order valence-electron chi connectivity index (χ0n) is 12.7. The Bertz CT molecular complexity index is 635. The molecule has 1 aromatic rings. The maximum atomic E-state index is 12.0. The fourth-order valence-electron chi connectivity index (χ4n) is 1.85. The van der Waals surface area contributed by atoms with E-state index in [-0.39, 0.29) is 24.1 Å². The molecule has 7 nitrogen and oxygen atoms in total. The second kappa shape index (κ2) is 8.33. The van der Waals surface area contributed by atoms with E-state index in [1.807, 2.05) is 0 Å². The number of anilines is 1. The molecule has 2 rings (SSSR count). The Morgan fingerprint density at radius 1 is 1.39 bits per heavy atom. The van der Waals surface area contributed by atoms with E-state index in [4.69, 9.17) is 0 Å². The highest BCUT2D eigenvalue weighted by Gasteiger charge is 2.18. The summed E-state index contributed by atoms with van der Waals surface area (Å²) in [4.78, 5) is 42.4. The van der Waals surface area contributed by atoms with Crippen LogP contribution in [0.4, 0.5) is 5.13 Å². The van der Waals surface area contributed by atoms with Gasteiger partial charge in [-0.3, -0.25) is 14.4 Å². The predicted octanol–water partition coefficient (Wildman–Crippen LogP) is 1.32. The molecule has 0 radical (unpaired) electrons. The number of hydrogen-bond acceptors (Lipinski definition) is 5. The summed E-state index contributed by atoms with van der Waals surface area (Å²) >= 11 is 1.25. The van der Waals surface area contributed by atoms with E-state index >= 15 is 0 Å². The first-order valence-electron chi connectivity index (χ1n) is 7.37. The first-order valence-corrected chi connectivity index (χ1v) is 8.24. The summed E-state index contributed by atoms with van der Waals surface area (Å²) in [6.07, 6.45) is 6.21. The number of aliphatic imine (C=N–C) groups is 1. The average molecular weight is 334 g/mol. The lowest BCUT2D eigenvalue weighted by molar-refractivity contribution is -0.120. The molecule has 122 valence electrons. The summed E-state index contributed by atoms with van der Waals surface area (Å²) < 4.78 is 0. The molecule has 0 spiro atoms. The van der Waals surface area contributed by atoms with Crippen molar-refractivity contribution in [3.8, 4) is 0 Å². The molecule has 1 unspecified atom stereocenters. The number of dihydropyridines is 1. The number of thiazole rings is 1. The quantitative estimate of drug-likeness (QED) is 0.734. The van der Waals surface area contributed by atoms with Crippen LogP contribution in [0.5, 0.6) is 0 Å². The Labute approximate surface area is 137 Å². The van der Waals surface area contributed by atoms with E-state index < -0.39 is 5.92 Å². The van der Waals surface area contributed by atoms with Crippen LogP contribution in [0.3, 0.4) is 0 Å². The number of nitrogens with zero attached hydrogens (tertiary/aromatic N) is 2. The van der Waals surface area contributed by atoms with Crippen molar-refractivity contribution in [3.05, 3.63) is 23.2 Å². The van der Waals surface area contributed by atoms with Crippen LogP contribution in [0.2, 0.25) is 0 Å². The van der Waals surface area contributed by atoms with Crippen molar-refractivity contribution < 1.29 is 14.4 Å². The number of carbonyl (C=O) groups excluding carboxylic acids is 3. The molecule has 0 saturated carbocycles. The fourth-order valence-corrected chi connectivity index (χ4v) is 2.57. The van der Waals surface area contributed by atoms with Gasteiger partial charge in [0.2, 0.25) is 11.8 Å². The molecule has 3 amide bonds. The van der Waals surface area contributed by atoms with Gasteiger partial charge in [0.05, 0.1) is 18.0 Å². The predicted molar refractivity (Wildman–Crippen MR) is 88.5 cm³/mol. The van der Waals surface area contributed by atoms with Crippen LogP contribution in [0.15, 0.2) is 22.5 Å². The Hall–Kier alpha value is -2.35. The van der Waals surface area contributed by atoms with Gasteiger partial charge in [-0.05, 0) is 6.42 Å². The number of amides is 3. The zero-order chi connectivity index (χ0) is 16.7. The molecule has 2 N–H and O–H groups in total. The number of nitrogens with one attached hydrogen (secondary N) is 2.